The number of allylic oxidation sites excluding steroid dienone is 18. The zero-order valence-electron chi connectivity index (χ0n) is 37.0. The van der Waals surface area contributed by atoms with E-state index in [9.17, 15) is 14.4 Å². The molecule has 0 aromatic heterocycles. The van der Waals surface area contributed by atoms with Crippen molar-refractivity contribution in [1.29, 1.82) is 0 Å². The Morgan fingerprint density at radius 2 is 0.707 bits per heavy atom. The predicted molar refractivity (Wildman–Crippen MR) is 247 cm³/mol. The average Bonchev–Trinajstić information content (AvgIpc) is 3.22. The summed E-state index contributed by atoms with van der Waals surface area (Å²) in [6, 6.07) is 0. The molecule has 326 valence electrons. The molecule has 0 saturated heterocycles. The van der Waals surface area contributed by atoms with Crippen molar-refractivity contribution in [2.24, 2.45) is 0 Å². The standard InChI is InChI=1S/C52H82O6/c1-4-7-10-13-16-19-22-25-28-30-33-36-39-42-45-51(54)57-48-49(58-52(55)46-43-40-37-34-31-27-24-21-18-15-12-9-6-3)47-56-50(53)44-41-38-35-32-29-26-23-20-17-14-11-8-5-2/h8-9,11-13,16-18,20-22,25-27,29,31,37,40,49H,4-7,10,14-15,19,23-24,28,30,32-36,38-39,41-48H2,1-3H3/b11-8-,12-9-,16-13-,20-17-,21-18-,25-22-,29-26-,31-27-,40-37-. The van der Waals surface area contributed by atoms with Crippen LogP contribution >= 0.6 is 0 Å². The van der Waals surface area contributed by atoms with E-state index >= 15 is 0 Å². The minimum atomic E-state index is -0.834. The number of carbonyl (C=O) groups is 3. The SMILES string of the molecule is CC/C=C\C/C=C\C/C=C\C/C=C\CCC(=O)OC(COC(=O)CCCCC/C=C\C/C=C\C/C=C\CC)COC(=O)CCCCCCC/C=C\C/C=C\CCCC. The molecular formula is C52H82O6. The zero-order valence-corrected chi connectivity index (χ0v) is 37.0. The molecule has 58 heavy (non-hydrogen) atoms. The Hall–Kier alpha value is -3.93. The van der Waals surface area contributed by atoms with Gasteiger partial charge >= 0.3 is 17.9 Å². The molecule has 0 amide bonds. The third kappa shape index (κ3) is 43.2. The van der Waals surface area contributed by atoms with Gasteiger partial charge in [-0.1, -0.05) is 169 Å². The van der Waals surface area contributed by atoms with Crippen LogP contribution in [0.5, 0.6) is 0 Å². The maximum atomic E-state index is 12.7. The highest BCUT2D eigenvalue weighted by molar-refractivity contribution is 5.71. The van der Waals surface area contributed by atoms with Crippen molar-refractivity contribution in [1.82, 2.24) is 0 Å². The van der Waals surface area contributed by atoms with E-state index in [0.717, 1.165) is 116 Å². The van der Waals surface area contributed by atoms with E-state index in [0.29, 0.717) is 19.3 Å². The van der Waals surface area contributed by atoms with Gasteiger partial charge < -0.3 is 14.2 Å². The van der Waals surface area contributed by atoms with Crippen molar-refractivity contribution in [3.63, 3.8) is 0 Å². The number of esters is 3. The highest BCUT2D eigenvalue weighted by Crippen LogP contribution is 2.11. The van der Waals surface area contributed by atoms with Crippen molar-refractivity contribution in [3.05, 3.63) is 109 Å². The second kappa shape index (κ2) is 45.8. The summed E-state index contributed by atoms with van der Waals surface area (Å²) in [6.45, 7) is 6.23. The molecule has 0 radical (unpaired) electrons. The van der Waals surface area contributed by atoms with E-state index in [1.807, 2.05) is 12.2 Å². The molecule has 0 aromatic rings. The Balaban J connectivity index is 4.57. The van der Waals surface area contributed by atoms with E-state index < -0.39 is 12.1 Å². The molecular weight excluding hydrogens is 721 g/mol. The van der Waals surface area contributed by atoms with Gasteiger partial charge in [0.15, 0.2) is 6.10 Å². The first-order valence-electron chi connectivity index (χ1n) is 22.9. The molecule has 6 nitrogen and oxygen atoms in total. The molecule has 0 saturated carbocycles. The van der Waals surface area contributed by atoms with Crippen molar-refractivity contribution < 1.29 is 28.6 Å². The molecule has 0 fully saturated rings. The van der Waals surface area contributed by atoms with Crippen molar-refractivity contribution >= 4 is 17.9 Å². The topological polar surface area (TPSA) is 78.9 Å². The van der Waals surface area contributed by atoms with Crippen LogP contribution in [0.1, 0.15) is 181 Å². The molecule has 0 aliphatic heterocycles. The fourth-order valence-corrected chi connectivity index (χ4v) is 5.60. The van der Waals surface area contributed by atoms with Crippen LogP contribution in [0.4, 0.5) is 0 Å². The Bertz CT molecular complexity index is 1240. The van der Waals surface area contributed by atoms with Gasteiger partial charge in [0, 0.05) is 19.3 Å². The lowest BCUT2D eigenvalue weighted by Gasteiger charge is -2.18. The summed E-state index contributed by atoms with van der Waals surface area (Å²) in [5.74, 6) is -1.06. The van der Waals surface area contributed by atoms with Crippen molar-refractivity contribution in [2.45, 2.75) is 187 Å². The fourth-order valence-electron chi connectivity index (χ4n) is 5.60. The maximum absolute atomic E-state index is 12.7. The number of ether oxygens (including phenoxy) is 3. The highest BCUT2D eigenvalue weighted by atomic mass is 16.6. The number of hydrogen-bond donors (Lipinski definition) is 0. The van der Waals surface area contributed by atoms with E-state index in [-0.39, 0.29) is 31.6 Å². The summed E-state index contributed by atoms with van der Waals surface area (Å²) in [7, 11) is 0. The van der Waals surface area contributed by atoms with Crippen LogP contribution in [0, 0.1) is 0 Å². The van der Waals surface area contributed by atoms with Crippen LogP contribution in [0.15, 0.2) is 109 Å². The van der Waals surface area contributed by atoms with E-state index in [1.54, 1.807) is 0 Å². The summed E-state index contributed by atoms with van der Waals surface area (Å²) in [6.07, 6.45) is 60.8. The largest absolute Gasteiger partial charge is 0.462 e. The van der Waals surface area contributed by atoms with E-state index in [4.69, 9.17) is 14.2 Å². The lowest BCUT2D eigenvalue weighted by molar-refractivity contribution is -0.166. The number of carbonyl (C=O) groups excluding carboxylic acids is 3. The quantitative estimate of drug-likeness (QED) is 0.0267. The van der Waals surface area contributed by atoms with Gasteiger partial charge in [0.05, 0.1) is 0 Å². The predicted octanol–water partition coefficient (Wildman–Crippen LogP) is 14.8. The first-order chi connectivity index (χ1) is 28.5. The number of unbranched alkanes of at least 4 members (excludes halogenated alkanes) is 10. The number of hydrogen-bond acceptors (Lipinski definition) is 6. The Labute approximate surface area is 355 Å². The first kappa shape index (κ1) is 54.1. The smallest absolute Gasteiger partial charge is 0.306 e. The van der Waals surface area contributed by atoms with E-state index in [2.05, 4.69) is 118 Å². The molecule has 6 heteroatoms. The molecule has 0 aliphatic rings. The molecule has 0 heterocycles. The highest BCUT2D eigenvalue weighted by Gasteiger charge is 2.19. The van der Waals surface area contributed by atoms with Crippen LogP contribution in [0.2, 0.25) is 0 Å². The molecule has 0 bridgehead atoms. The van der Waals surface area contributed by atoms with Gasteiger partial charge in [-0.2, -0.15) is 0 Å². The van der Waals surface area contributed by atoms with Crippen LogP contribution in [0.3, 0.4) is 0 Å². The molecule has 0 spiro atoms. The van der Waals surface area contributed by atoms with Gasteiger partial charge in [0.1, 0.15) is 13.2 Å². The molecule has 0 N–H and O–H groups in total. The Morgan fingerprint density at radius 3 is 1.14 bits per heavy atom. The summed E-state index contributed by atoms with van der Waals surface area (Å²) in [4.78, 5) is 37.7. The maximum Gasteiger partial charge on any atom is 0.306 e. The van der Waals surface area contributed by atoms with Gasteiger partial charge in [-0.15, -0.1) is 0 Å². The van der Waals surface area contributed by atoms with Crippen LogP contribution in [0.25, 0.3) is 0 Å². The number of rotatable bonds is 39. The summed E-state index contributed by atoms with van der Waals surface area (Å²) in [5.41, 5.74) is 0. The second-order valence-corrected chi connectivity index (χ2v) is 14.5. The van der Waals surface area contributed by atoms with Crippen molar-refractivity contribution in [3.8, 4) is 0 Å². The normalized spacial score (nSPS) is 13.1. The van der Waals surface area contributed by atoms with Gasteiger partial charge in [-0.05, 0) is 103 Å². The minimum absolute atomic E-state index is 0.126. The van der Waals surface area contributed by atoms with Gasteiger partial charge in [0.2, 0.25) is 0 Å². The third-order valence-electron chi connectivity index (χ3n) is 9.01. The zero-order chi connectivity index (χ0) is 42.3. The second-order valence-electron chi connectivity index (χ2n) is 14.5. The van der Waals surface area contributed by atoms with Crippen LogP contribution in [-0.4, -0.2) is 37.2 Å². The van der Waals surface area contributed by atoms with Crippen molar-refractivity contribution in [2.75, 3.05) is 13.2 Å². The van der Waals surface area contributed by atoms with Crippen LogP contribution < -0.4 is 0 Å². The molecule has 0 aliphatic carbocycles. The van der Waals surface area contributed by atoms with E-state index in [1.165, 1.54) is 19.3 Å². The summed E-state index contributed by atoms with van der Waals surface area (Å²) in [5, 5.41) is 0. The van der Waals surface area contributed by atoms with Gasteiger partial charge in [-0.3, -0.25) is 14.4 Å². The third-order valence-corrected chi connectivity index (χ3v) is 9.01. The van der Waals surface area contributed by atoms with Gasteiger partial charge in [0.25, 0.3) is 0 Å². The van der Waals surface area contributed by atoms with Gasteiger partial charge in [-0.25, -0.2) is 0 Å². The molecule has 1 atom stereocenters. The summed E-state index contributed by atoms with van der Waals surface area (Å²) >= 11 is 0. The lowest BCUT2D eigenvalue weighted by Crippen LogP contribution is -2.30. The monoisotopic (exact) mass is 803 g/mol. The molecule has 0 aromatic carbocycles. The Morgan fingerprint density at radius 1 is 0.362 bits per heavy atom. The average molecular weight is 803 g/mol. The fraction of sp³-hybridized carbons (Fsp3) is 0.596. The minimum Gasteiger partial charge on any atom is -0.462 e. The first-order valence-corrected chi connectivity index (χ1v) is 22.9. The lowest BCUT2D eigenvalue weighted by atomic mass is 10.1. The molecule has 0 rings (SSSR count). The van der Waals surface area contributed by atoms with Crippen LogP contribution in [-0.2, 0) is 28.6 Å². The molecule has 1 unspecified atom stereocenters. The Kier molecular flexibility index (Phi) is 42.7. The summed E-state index contributed by atoms with van der Waals surface area (Å²) < 4.78 is 16.6.